The number of benzene rings is 2. The van der Waals surface area contributed by atoms with Crippen molar-refractivity contribution in [1.29, 1.82) is 0 Å². The molecule has 1 aliphatic rings. The lowest BCUT2D eigenvalue weighted by atomic mass is 9.92. The van der Waals surface area contributed by atoms with E-state index in [0.717, 1.165) is 53.3 Å². The molecule has 3 aromatic heterocycles. The Balaban J connectivity index is 1.27. The number of furan rings is 1. The summed E-state index contributed by atoms with van der Waals surface area (Å²) in [4.78, 5) is 16.0. The standard InChI is InChI=1S/C32H35N7O3/c1-22-30(26-17-33-37(2)18-26)36-39(27-10-5-4-6-11-27)31(22)35-32(40)34-29-20-38(13-15-41-3)19-28(29)24-9-7-8-23(16-24)25-12-14-42-21-25/h4-12,14,16-18,21,28-29H,13,15,19-20H2,1-3H3,(H2,34,35,40)/t28-,29?/m0/s1. The maximum Gasteiger partial charge on any atom is 0.320 e. The van der Waals surface area contributed by atoms with E-state index in [4.69, 9.17) is 14.3 Å². The smallest absolute Gasteiger partial charge is 0.320 e. The van der Waals surface area contributed by atoms with Gasteiger partial charge in [0.15, 0.2) is 0 Å². The third-order valence-electron chi connectivity index (χ3n) is 7.83. The lowest BCUT2D eigenvalue weighted by molar-refractivity contribution is 0.159. The first kappa shape index (κ1) is 27.5. The minimum absolute atomic E-state index is 0.102. The highest BCUT2D eigenvalue weighted by atomic mass is 16.5. The number of nitrogens with zero attached hydrogens (tertiary/aromatic N) is 5. The van der Waals surface area contributed by atoms with E-state index in [1.807, 2.05) is 56.6 Å². The maximum atomic E-state index is 13.7. The molecular formula is C32H35N7O3. The lowest BCUT2D eigenvalue weighted by Crippen LogP contribution is -2.42. The van der Waals surface area contributed by atoms with Gasteiger partial charge in [0.2, 0.25) is 0 Å². The fourth-order valence-electron chi connectivity index (χ4n) is 5.68. The van der Waals surface area contributed by atoms with E-state index in [9.17, 15) is 4.79 Å². The van der Waals surface area contributed by atoms with Gasteiger partial charge in [-0.15, -0.1) is 0 Å². The molecule has 4 heterocycles. The average molecular weight is 566 g/mol. The Bertz CT molecular complexity index is 1640. The fourth-order valence-corrected chi connectivity index (χ4v) is 5.68. The summed E-state index contributed by atoms with van der Waals surface area (Å²) in [6.07, 6.45) is 7.13. The highest BCUT2D eigenvalue weighted by Gasteiger charge is 2.35. The summed E-state index contributed by atoms with van der Waals surface area (Å²) in [5.41, 5.74) is 6.65. The highest BCUT2D eigenvalue weighted by Crippen LogP contribution is 2.33. The van der Waals surface area contributed by atoms with Crippen molar-refractivity contribution in [3.05, 3.63) is 96.7 Å². The largest absolute Gasteiger partial charge is 0.472 e. The van der Waals surface area contributed by atoms with Crippen molar-refractivity contribution in [2.45, 2.75) is 18.9 Å². The SMILES string of the molecule is COCCN1CC(NC(=O)Nc2c(C)c(-c3cnn(C)c3)nn2-c2ccccc2)[C@H](c2cccc(-c3ccoc3)c2)C1. The van der Waals surface area contributed by atoms with Crippen LogP contribution in [0.3, 0.4) is 0 Å². The summed E-state index contributed by atoms with van der Waals surface area (Å²) >= 11 is 0. The molecule has 2 aromatic carbocycles. The van der Waals surface area contributed by atoms with E-state index in [1.54, 1.807) is 35.2 Å². The molecule has 42 heavy (non-hydrogen) atoms. The van der Waals surface area contributed by atoms with Crippen LogP contribution in [0.1, 0.15) is 17.0 Å². The third kappa shape index (κ3) is 5.72. The van der Waals surface area contributed by atoms with Gasteiger partial charge >= 0.3 is 6.03 Å². The van der Waals surface area contributed by atoms with E-state index in [2.05, 4.69) is 44.9 Å². The second kappa shape index (κ2) is 12.1. The number of aryl methyl sites for hydroxylation is 1. The van der Waals surface area contributed by atoms with Gasteiger partial charge < -0.3 is 14.5 Å². The van der Waals surface area contributed by atoms with Crippen LogP contribution in [0.2, 0.25) is 0 Å². The van der Waals surface area contributed by atoms with Crippen molar-refractivity contribution < 1.29 is 13.9 Å². The molecule has 0 spiro atoms. The predicted octanol–water partition coefficient (Wildman–Crippen LogP) is 5.08. The van der Waals surface area contributed by atoms with Crippen LogP contribution < -0.4 is 10.6 Å². The average Bonchev–Trinajstić information content (AvgIpc) is 3.81. The van der Waals surface area contributed by atoms with Crippen LogP contribution in [-0.2, 0) is 11.8 Å². The second-order valence-electron chi connectivity index (χ2n) is 10.7. The minimum atomic E-state index is -0.275. The number of hydrogen-bond donors (Lipinski definition) is 2. The van der Waals surface area contributed by atoms with Crippen LogP contribution in [-0.4, -0.2) is 69.9 Å². The molecule has 1 fully saturated rings. The predicted molar refractivity (Wildman–Crippen MR) is 162 cm³/mol. The number of urea groups is 1. The van der Waals surface area contributed by atoms with Crippen LogP contribution in [0, 0.1) is 6.92 Å². The molecule has 1 unspecified atom stereocenters. The molecular weight excluding hydrogens is 530 g/mol. The van der Waals surface area contributed by atoms with Crippen LogP contribution >= 0.6 is 0 Å². The first-order chi connectivity index (χ1) is 20.5. The first-order valence-corrected chi connectivity index (χ1v) is 14.1. The van der Waals surface area contributed by atoms with Gasteiger partial charge in [0, 0.05) is 62.6 Å². The summed E-state index contributed by atoms with van der Waals surface area (Å²) in [6.45, 7) is 4.93. The Hall–Kier alpha value is -4.67. The number of para-hydroxylation sites is 1. The van der Waals surface area contributed by atoms with Crippen molar-refractivity contribution in [1.82, 2.24) is 29.8 Å². The molecule has 2 atom stereocenters. The zero-order valence-electron chi connectivity index (χ0n) is 24.0. The minimum Gasteiger partial charge on any atom is -0.472 e. The molecule has 5 aromatic rings. The summed E-state index contributed by atoms with van der Waals surface area (Å²) in [7, 11) is 3.58. The highest BCUT2D eigenvalue weighted by molar-refractivity contribution is 5.91. The summed E-state index contributed by atoms with van der Waals surface area (Å²) in [5.74, 6) is 0.718. The normalized spacial score (nSPS) is 17.0. The van der Waals surface area contributed by atoms with Crippen molar-refractivity contribution in [3.8, 4) is 28.1 Å². The summed E-state index contributed by atoms with van der Waals surface area (Å²) in [5, 5.41) is 15.6. The lowest BCUT2D eigenvalue weighted by Gasteiger charge is -2.21. The van der Waals surface area contributed by atoms with E-state index < -0.39 is 0 Å². The Morgan fingerprint density at radius 3 is 2.67 bits per heavy atom. The number of carbonyl (C=O) groups is 1. The number of nitrogens with one attached hydrogen (secondary N) is 2. The number of hydrogen-bond acceptors (Lipinski definition) is 6. The molecule has 10 heteroatoms. The first-order valence-electron chi connectivity index (χ1n) is 14.1. The van der Waals surface area contributed by atoms with Crippen LogP contribution in [0.5, 0.6) is 0 Å². The maximum absolute atomic E-state index is 13.7. The van der Waals surface area contributed by atoms with Gasteiger partial charge in [-0.05, 0) is 36.2 Å². The number of aromatic nitrogens is 4. The van der Waals surface area contributed by atoms with E-state index in [0.29, 0.717) is 12.4 Å². The Morgan fingerprint density at radius 2 is 1.93 bits per heavy atom. The van der Waals surface area contributed by atoms with Crippen molar-refractivity contribution >= 4 is 11.8 Å². The Morgan fingerprint density at radius 1 is 1.07 bits per heavy atom. The number of amides is 2. The molecule has 10 nitrogen and oxygen atoms in total. The molecule has 216 valence electrons. The van der Waals surface area contributed by atoms with E-state index >= 15 is 0 Å². The Kier molecular flexibility index (Phi) is 7.89. The van der Waals surface area contributed by atoms with Gasteiger partial charge in [0.25, 0.3) is 0 Å². The van der Waals surface area contributed by atoms with Gasteiger partial charge in [-0.2, -0.15) is 10.2 Å². The number of rotatable bonds is 9. The van der Waals surface area contributed by atoms with Crippen LogP contribution in [0.4, 0.5) is 10.6 Å². The molecule has 0 aliphatic carbocycles. The quantitative estimate of drug-likeness (QED) is 0.259. The van der Waals surface area contributed by atoms with Crippen molar-refractivity contribution in [2.24, 2.45) is 7.05 Å². The number of likely N-dealkylation sites (tertiary alicyclic amines) is 1. The van der Waals surface area contributed by atoms with E-state index in [1.165, 1.54) is 5.56 Å². The van der Waals surface area contributed by atoms with Gasteiger partial charge in [0.05, 0.1) is 37.1 Å². The molecule has 0 bridgehead atoms. The van der Waals surface area contributed by atoms with E-state index in [-0.39, 0.29) is 18.0 Å². The molecule has 0 radical (unpaired) electrons. The number of methoxy groups -OCH3 is 1. The Labute approximate surface area is 244 Å². The molecule has 1 aliphatic heterocycles. The van der Waals surface area contributed by atoms with Gasteiger partial charge in [-0.25, -0.2) is 9.48 Å². The fraction of sp³-hybridized carbons (Fsp3) is 0.281. The second-order valence-corrected chi connectivity index (χ2v) is 10.7. The number of carbonyl (C=O) groups excluding carboxylic acids is 1. The number of anilines is 1. The zero-order valence-corrected chi connectivity index (χ0v) is 24.0. The molecule has 2 N–H and O–H groups in total. The zero-order chi connectivity index (χ0) is 29.1. The number of ether oxygens (including phenoxy) is 1. The van der Waals surface area contributed by atoms with Crippen molar-refractivity contribution in [2.75, 3.05) is 38.7 Å². The third-order valence-corrected chi connectivity index (χ3v) is 7.83. The molecule has 1 saturated heterocycles. The monoisotopic (exact) mass is 565 g/mol. The van der Waals surface area contributed by atoms with Gasteiger partial charge in [-0.3, -0.25) is 14.9 Å². The summed E-state index contributed by atoms with van der Waals surface area (Å²) in [6, 6.07) is 19.8. The van der Waals surface area contributed by atoms with Gasteiger partial charge in [0.1, 0.15) is 11.5 Å². The molecule has 2 amide bonds. The molecule has 0 saturated carbocycles. The van der Waals surface area contributed by atoms with Gasteiger partial charge in [-0.1, -0.05) is 42.5 Å². The topological polar surface area (TPSA) is 102 Å². The molecule has 6 rings (SSSR count). The summed E-state index contributed by atoms with van der Waals surface area (Å²) < 4.78 is 14.2. The van der Waals surface area contributed by atoms with Crippen LogP contribution in [0.15, 0.2) is 90.0 Å². The van der Waals surface area contributed by atoms with Crippen LogP contribution in [0.25, 0.3) is 28.1 Å². The van der Waals surface area contributed by atoms with Crippen molar-refractivity contribution in [3.63, 3.8) is 0 Å².